The number of nitrogens with zero attached hydrogens (tertiary/aromatic N) is 1. The number of alkyl halides is 1. The molecule has 0 radical (unpaired) electrons. The topological polar surface area (TPSA) is 3.24 Å². The van der Waals surface area contributed by atoms with Gasteiger partial charge in [-0.1, -0.05) is 47.5 Å². The molecule has 0 saturated heterocycles. The maximum absolute atomic E-state index is 6.34. The summed E-state index contributed by atoms with van der Waals surface area (Å²) in [6.07, 6.45) is 0. The second-order valence-electron chi connectivity index (χ2n) is 4.73. The number of hydrogen-bond acceptors (Lipinski definition) is 1. The Morgan fingerprint density at radius 3 is 2.35 bits per heavy atom. The predicted octanol–water partition coefficient (Wildman–Crippen LogP) is 5.93. The van der Waals surface area contributed by atoms with Crippen LogP contribution < -0.4 is 4.90 Å². The van der Waals surface area contributed by atoms with E-state index >= 15 is 0 Å². The fourth-order valence-corrected chi connectivity index (χ4v) is 2.95. The number of hydrogen-bond donors (Lipinski definition) is 0. The average Bonchev–Trinajstić information content (AvgIpc) is 2.46. The van der Waals surface area contributed by atoms with Gasteiger partial charge in [0.25, 0.3) is 0 Å². The third kappa shape index (κ3) is 3.22. The molecule has 0 amide bonds. The SMILES string of the molecule is CC(c1ccccc1Cl)N(C)c1ccc(CCl)cc1Cl. The summed E-state index contributed by atoms with van der Waals surface area (Å²) in [5.74, 6) is 0.462. The maximum atomic E-state index is 6.34. The average molecular weight is 329 g/mol. The third-order valence-electron chi connectivity index (χ3n) is 3.48. The molecule has 0 aliphatic rings. The van der Waals surface area contributed by atoms with Crippen LogP contribution in [-0.4, -0.2) is 7.05 Å². The minimum atomic E-state index is 0.128. The van der Waals surface area contributed by atoms with Crippen LogP contribution in [0.2, 0.25) is 10.0 Å². The highest BCUT2D eigenvalue weighted by molar-refractivity contribution is 6.33. The van der Waals surface area contributed by atoms with E-state index in [9.17, 15) is 0 Å². The van der Waals surface area contributed by atoms with Gasteiger partial charge in [0.2, 0.25) is 0 Å². The van der Waals surface area contributed by atoms with Crippen molar-refractivity contribution in [3.05, 3.63) is 63.6 Å². The van der Waals surface area contributed by atoms with E-state index in [2.05, 4.69) is 11.8 Å². The summed E-state index contributed by atoms with van der Waals surface area (Å²) in [5.41, 5.74) is 3.06. The lowest BCUT2D eigenvalue weighted by molar-refractivity contribution is 0.740. The first kappa shape index (κ1) is 15.5. The van der Waals surface area contributed by atoms with Gasteiger partial charge in [0.05, 0.1) is 16.8 Å². The van der Waals surface area contributed by atoms with Gasteiger partial charge < -0.3 is 4.90 Å². The van der Waals surface area contributed by atoms with Crippen LogP contribution in [0.1, 0.15) is 24.1 Å². The van der Waals surface area contributed by atoms with E-state index in [-0.39, 0.29) is 6.04 Å². The minimum absolute atomic E-state index is 0.128. The van der Waals surface area contributed by atoms with Gasteiger partial charge in [-0.2, -0.15) is 0 Å². The van der Waals surface area contributed by atoms with E-state index in [1.54, 1.807) is 0 Å². The zero-order valence-corrected chi connectivity index (χ0v) is 13.7. The van der Waals surface area contributed by atoms with Crippen LogP contribution in [0, 0.1) is 0 Å². The summed E-state index contributed by atoms with van der Waals surface area (Å²) in [6, 6.07) is 13.9. The lowest BCUT2D eigenvalue weighted by atomic mass is 10.1. The van der Waals surface area contributed by atoms with E-state index in [1.807, 2.05) is 49.5 Å². The standard InChI is InChI=1S/C16H16Cl3N/c1-11(13-5-3-4-6-14(13)18)20(2)16-8-7-12(10-17)9-15(16)19/h3-9,11H,10H2,1-2H3. The Balaban J connectivity index is 2.31. The molecule has 0 aromatic heterocycles. The fraction of sp³-hybridized carbons (Fsp3) is 0.250. The van der Waals surface area contributed by atoms with Gasteiger partial charge >= 0.3 is 0 Å². The van der Waals surface area contributed by atoms with Crippen LogP contribution in [0.15, 0.2) is 42.5 Å². The number of halogens is 3. The van der Waals surface area contributed by atoms with Gasteiger partial charge in [0, 0.05) is 18.0 Å². The molecule has 2 aromatic carbocycles. The summed E-state index contributed by atoms with van der Waals surface area (Å²) in [4.78, 5) is 2.11. The molecule has 0 heterocycles. The molecule has 0 aliphatic carbocycles. The molecule has 1 atom stereocenters. The molecule has 0 bridgehead atoms. The van der Waals surface area contributed by atoms with Gasteiger partial charge in [-0.25, -0.2) is 0 Å². The zero-order valence-electron chi connectivity index (χ0n) is 11.4. The highest BCUT2D eigenvalue weighted by Crippen LogP contribution is 2.34. The van der Waals surface area contributed by atoms with Crippen molar-refractivity contribution in [3.63, 3.8) is 0 Å². The zero-order chi connectivity index (χ0) is 14.7. The lowest BCUT2D eigenvalue weighted by Crippen LogP contribution is -2.22. The second kappa shape index (κ2) is 6.71. The molecule has 0 aliphatic heterocycles. The molecule has 106 valence electrons. The van der Waals surface area contributed by atoms with E-state index in [1.165, 1.54) is 0 Å². The van der Waals surface area contributed by atoms with E-state index in [4.69, 9.17) is 34.8 Å². The van der Waals surface area contributed by atoms with Gasteiger partial charge in [-0.15, -0.1) is 11.6 Å². The van der Waals surface area contributed by atoms with Crippen molar-refractivity contribution in [3.8, 4) is 0 Å². The highest BCUT2D eigenvalue weighted by Gasteiger charge is 2.17. The van der Waals surface area contributed by atoms with Crippen LogP contribution in [-0.2, 0) is 5.88 Å². The molecule has 0 fully saturated rings. The molecule has 0 saturated carbocycles. The van der Waals surface area contributed by atoms with Crippen molar-refractivity contribution in [2.24, 2.45) is 0 Å². The van der Waals surface area contributed by atoms with Crippen molar-refractivity contribution in [2.45, 2.75) is 18.8 Å². The molecule has 0 spiro atoms. The Kier molecular flexibility index (Phi) is 5.20. The summed E-state index contributed by atoms with van der Waals surface area (Å²) < 4.78 is 0. The summed E-state index contributed by atoms with van der Waals surface area (Å²) in [7, 11) is 2.01. The van der Waals surface area contributed by atoms with Crippen LogP contribution >= 0.6 is 34.8 Å². The smallest absolute Gasteiger partial charge is 0.0642 e. The van der Waals surface area contributed by atoms with Crippen LogP contribution in [0.5, 0.6) is 0 Å². The molecule has 2 rings (SSSR count). The summed E-state index contributed by atoms with van der Waals surface area (Å²) in [6.45, 7) is 2.10. The molecule has 0 N–H and O–H groups in total. The molecule has 4 heteroatoms. The Labute approximate surface area is 135 Å². The Hall–Kier alpha value is -0.890. The Morgan fingerprint density at radius 1 is 1.05 bits per heavy atom. The van der Waals surface area contributed by atoms with Crippen molar-refractivity contribution >= 4 is 40.5 Å². The quantitative estimate of drug-likeness (QED) is 0.629. The Morgan fingerprint density at radius 2 is 1.75 bits per heavy atom. The number of anilines is 1. The van der Waals surface area contributed by atoms with Crippen LogP contribution in [0.4, 0.5) is 5.69 Å². The molecular formula is C16H16Cl3N. The fourth-order valence-electron chi connectivity index (χ4n) is 2.15. The summed E-state index contributed by atoms with van der Waals surface area (Å²) in [5, 5.41) is 1.46. The van der Waals surface area contributed by atoms with Gasteiger partial charge in [0.15, 0.2) is 0 Å². The van der Waals surface area contributed by atoms with Gasteiger partial charge in [-0.3, -0.25) is 0 Å². The maximum Gasteiger partial charge on any atom is 0.0642 e. The molecule has 2 aromatic rings. The van der Waals surface area contributed by atoms with Crippen LogP contribution in [0.25, 0.3) is 0 Å². The largest absolute Gasteiger partial charge is 0.367 e. The van der Waals surface area contributed by atoms with Crippen LogP contribution in [0.3, 0.4) is 0 Å². The normalized spacial score (nSPS) is 12.2. The summed E-state index contributed by atoms with van der Waals surface area (Å²) >= 11 is 18.4. The third-order valence-corrected chi connectivity index (χ3v) is 4.44. The van der Waals surface area contributed by atoms with E-state index in [0.717, 1.165) is 21.8 Å². The lowest BCUT2D eigenvalue weighted by Gasteiger charge is -2.29. The van der Waals surface area contributed by atoms with Gasteiger partial charge in [-0.05, 0) is 36.2 Å². The first-order valence-corrected chi connectivity index (χ1v) is 7.65. The minimum Gasteiger partial charge on any atom is -0.367 e. The number of rotatable bonds is 4. The monoisotopic (exact) mass is 327 g/mol. The van der Waals surface area contributed by atoms with Crippen molar-refractivity contribution < 1.29 is 0 Å². The van der Waals surface area contributed by atoms with Gasteiger partial charge in [0.1, 0.15) is 0 Å². The van der Waals surface area contributed by atoms with Crippen molar-refractivity contribution in [2.75, 3.05) is 11.9 Å². The van der Waals surface area contributed by atoms with E-state index < -0.39 is 0 Å². The Bertz CT molecular complexity index is 598. The molecule has 1 unspecified atom stereocenters. The number of benzene rings is 2. The van der Waals surface area contributed by atoms with Crippen molar-refractivity contribution in [1.82, 2.24) is 0 Å². The highest BCUT2D eigenvalue weighted by atomic mass is 35.5. The molecule has 20 heavy (non-hydrogen) atoms. The van der Waals surface area contributed by atoms with E-state index in [0.29, 0.717) is 10.9 Å². The van der Waals surface area contributed by atoms with Crippen molar-refractivity contribution in [1.29, 1.82) is 0 Å². The molecule has 1 nitrogen and oxygen atoms in total. The first-order valence-electron chi connectivity index (χ1n) is 6.36. The predicted molar refractivity (Wildman–Crippen MR) is 89.3 cm³/mol. The molecular weight excluding hydrogens is 313 g/mol. The first-order chi connectivity index (χ1) is 9.54. The second-order valence-corrected chi connectivity index (χ2v) is 5.81.